The minimum Gasteiger partial charge on any atom is -0.369 e. The van der Waals surface area contributed by atoms with Crippen molar-refractivity contribution in [2.75, 3.05) is 0 Å². The third-order valence-electron chi connectivity index (χ3n) is 2.24. The van der Waals surface area contributed by atoms with Gasteiger partial charge < -0.3 is 11.5 Å². The number of hydrogen-bond donors (Lipinski definition) is 2. The molecule has 0 unspecified atom stereocenters. The number of nitrogens with two attached hydrogens (primary N) is 2. The van der Waals surface area contributed by atoms with Gasteiger partial charge in [-0.05, 0) is 37.8 Å². The van der Waals surface area contributed by atoms with Gasteiger partial charge in [-0.25, -0.2) is 0 Å². The smallest absolute Gasteiger partial charge is 0.211 e. The first-order chi connectivity index (χ1) is 7.52. The summed E-state index contributed by atoms with van der Waals surface area (Å²) in [5.41, 5.74) is 12.7. The van der Waals surface area contributed by atoms with Crippen LogP contribution >= 0.6 is 22.9 Å². The fraction of sp³-hybridized carbons (Fsp3) is 0.400. The molecule has 0 aliphatic rings. The maximum absolute atomic E-state index is 6.05. The Labute approximate surface area is 104 Å². The second-order valence-corrected chi connectivity index (χ2v) is 5.12. The van der Waals surface area contributed by atoms with Gasteiger partial charge in [0, 0.05) is 11.1 Å². The number of nitrogens with zero attached hydrogens (tertiary/aromatic N) is 2. The number of thiophene rings is 1. The Bertz CT molecular complexity index is 419. The van der Waals surface area contributed by atoms with E-state index in [0.717, 1.165) is 17.2 Å². The van der Waals surface area contributed by atoms with Gasteiger partial charge in [0.15, 0.2) is 0 Å². The van der Waals surface area contributed by atoms with Crippen molar-refractivity contribution in [2.45, 2.75) is 26.7 Å². The average molecular weight is 259 g/mol. The molecule has 0 saturated heterocycles. The normalized spacial score (nSPS) is 10.9. The summed E-state index contributed by atoms with van der Waals surface area (Å²) in [6, 6.07) is 0. The molecule has 4 nitrogen and oxygen atoms in total. The van der Waals surface area contributed by atoms with E-state index in [-0.39, 0.29) is 5.96 Å². The standard InChI is InChI=1S/C10H15ClN4S/c1-6-7(2)9(11)16-8(6)4-3-5-14-15-10(12)13/h5H,3-4H2,1-2H3,(H4,12,13,15). The summed E-state index contributed by atoms with van der Waals surface area (Å²) in [6.45, 7) is 4.12. The molecule has 1 heterocycles. The summed E-state index contributed by atoms with van der Waals surface area (Å²) in [7, 11) is 0. The molecule has 1 rings (SSSR count). The molecule has 0 saturated carbocycles. The Kier molecular flexibility index (Phi) is 4.76. The minimum atomic E-state index is -0.0255. The van der Waals surface area contributed by atoms with E-state index in [1.54, 1.807) is 17.6 Å². The Morgan fingerprint density at radius 1 is 1.38 bits per heavy atom. The molecule has 0 aliphatic carbocycles. The van der Waals surface area contributed by atoms with Gasteiger partial charge in [0.2, 0.25) is 5.96 Å². The fourth-order valence-electron chi connectivity index (χ4n) is 1.22. The second-order valence-electron chi connectivity index (χ2n) is 3.41. The van der Waals surface area contributed by atoms with Gasteiger partial charge in [0.05, 0.1) is 4.34 Å². The molecule has 0 spiro atoms. The Morgan fingerprint density at radius 3 is 2.56 bits per heavy atom. The maximum Gasteiger partial charge on any atom is 0.211 e. The van der Waals surface area contributed by atoms with Crippen LogP contribution in [-0.4, -0.2) is 12.2 Å². The van der Waals surface area contributed by atoms with E-state index >= 15 is 0 Å². The summed E-state index contributed by atoms with van der Waals surface area (Å²) in [6.07, 6.45) is 3.41. The lowest BCUT2D eigenvalue weighted by Crippen LogP contribution is -2.21. The molecule has 0 aromatic carbocycles. The topological polar surface area (TPSA) is 76.8 Å². The van der Waals surface area contributed by atoms with Crippen LogP contribution in [0.1, 0.15) is 22.4 Å². The number of halogens is 1. The van der Waals surface area contributed by atoms with E-state index in [2.05, 4.69) is 17.1 Å². The summed E-state index contributed by atoms with van der Waals surface area (Å²) in [4.78, 5) is 1.29. The van der Waals surface area contributed by atoms with Crippen LogP contribution in [0, 0.1) is 13.8 Å². The van der Waals surface area contributed by atoms with Crippen molar-refractivity contribution in [3.05, 3.63) is 20.3 Å². The largest absolute Gasteiger partial charge is 0.369 e. The van der Waals surface area contributed by atoms with Gasteiger partial charge in [-0.1, -0.05) is 11.6 Å². The van der Waals surface area contributed by atoms with Gasteiger partial charge >= 0.3 is 0 Å². The van der Waals surface area contributed by atoms with Crippen LogP contribution in [0.2, 0.25) is 4.34 Å². The van der Waals surface area contributed by atoms with E-state index in [0.29, 0.717) is 0 Å². The zero-order valence-corrected chi connectivity index (χ0v) is 10.9. The molecule has 0 aliphatic heterocycles. The molecule has 0 amide bonds. The van der Waals surface area contributed by atoms with Crippen LogP contribution in [0.15, 0.2) is 10.2 Å². The monoisotopic (exact) mass is 258 g/mol. The molecule has 6 heteroatoms. The summed E-state index contributed by atoms with van der Waals surface area (Å²) in [5.74, 6) is -0.0255. The van der Waals surface area contributed by atoms with Crippen molar-refractivity contribution < 1.29 is 0 Å². The van der Waals surface area contributed by atoms with Crippen LogP contribution in [0.4, 0.5) is 0 Å². The summed E-state index contributed by atoms with van der Waals surface area (Å²) >= 11 is 7.67. The molecular weight excluding hydrogens is 244 g/mol. The van der Waals surface area contributed by atoms with Crippen LogP contribution in [0.3, 0.4) is 0 Å². The molecular formula is C10H15ClN4S. The van der Waals surface area contributed by atoms with Crippen LogP contribution in [-0.2, 0) is 6.42 Å². The highest BCUT2D eigenvalue weighted by Crippen LogP contribution is 2.32. The van der Waals surface area contributed by atoms with Crippen LogP contribution < -0.4 is 11.5 Å². The van der Waals surface area contributed by atoms with E-state index < -0.39 is 0 Å². The highest BCUT2D eigenvalue weighted by atomic mass is 35.5. The first-order valence-electron chi connectivity index (χ1n) is 4.87. The molecule has 0 atom stereocenters. The fourth-order valence-corrected chi connectivity index (χ4v) is 2.69. The van der Waals surface area contributed by atoms with Crippen molar-refractivity contribution in [1.29, 1.82) is 0 Å². The van der Waals surface area contributed by atoms with Crippen molar-refractivity contribution in [3.63, 3.8) is 0 Å². The summed E-state index contributed by atoms with van der Waals surface area (Å²) < 4.78 is 0.869. The van der Waals surface area contributed by atoms with Gasteiger partial charge in [0.25, 0.3) is 0 Å². The van der Waals surface area contributed by atoms with E-state index in [1.165, 1.54) is 16.0 Å². The van der Waals surface area contributed by atoms with Gasteiger partial charge in [-0.2, -0.15) is 5.10 Å². The molecule has 1 aromatic rings. The Balaban J connectivity index is 2.52. The number of hydrogen-bond acceptors (Lipinski definition) is 3. The first-order valence-corrected chi connectivity index (χ1v) is 6.06. The van der Waals surface area contributed by atoms with Crippen molar-refractivity contribution in [3.8, 4) is 0 Å². The van der Waals surface area contributed by atoms with Crippen LogP contribution in [0.5, 0.6) is 0 Å². The van der Waals surface area contributed by atoms with Gasteiger partial charge in [0.1, 0.15) is 0 Å². The number of guanidine groups is 1. The summed E-state index contributed by atoms with van der Waals surface area (Å²) in [5, 5.41) is 7.25. The molecule has 1 aromatic heterocycles. The van der Waals surface area contributed by atoms with E-state index in [4.69, 9.17) is 23.1 Å². The Hall–Kier alpha value is -1.07. The SMILES string of the molecule is Cc1c(Cl)sc(CCC=NN=C(N)N)c1C. The molecule has 0 radical (unpaired) electrons. The first kappa shape index (κ1) is 13.0. The van der Waals surface area contributed by atoms with E-state index in [1.807, 2.05) is 6.92 Å². The third kappa shape index (κ3) is 3.50. The number of aryl methyl sites for hydroxylation is 1. The predicted octanol–water partition coefficient (Wildman–Crippen LogP) is 2.21. The third-order valence-corrected chi connectivity index (χ3v) is 4.00. The lowest BCUT2D eigenvalue weighted by molar-refractivity contribution is 1.05. The quantitative estimate of drug-likeness (QED) is 0.494. The Morgan fingerprint density at radius 2 is 2.06 bits per heavy atom. The number of rotatable bonds is 4. The molecule has 88 valence electrons. The highest BCUT2D eigenvalue weighted by molar-refractivity contribution is 7.16. The predicted molar refractivity (Wildman–Crippen MR) is 71.4 cm³/mol. The zero-order chi connectivity index (χ0) is 12.1. The van der Waals surface area contributed by atoms with Gasteiger partial charge in [-0.3, -0.25) is 0 Å². The second kappa shape index (κ2) is 5.86. The average Bonchev–Trinajstić information content (AvgIpc) is 2.45. The van der Waals surface area contributed by atoms with E-state index in [9.17, 15) is 0 Å². The highest BCUT2D eigenvalue weighted by Gasteiger charge is 2.08. The lowest BCUT2D eigenvalue weighted by atomic mass is 10.1. The minimum absolute atomic E-state index is 0.0255. The zero-order valence-electron chi connectivity index (χ0n) is 9.33. The maximum atomic E-state index is 6.05. The van der Waals surface area contributed by atoms with Crippen molar-refractivity contribution in [2.24, 2.45) is 21.7 Å². The molecule has 0 fully saturated rings. The van der Waals surface area contributed by atoms with Crippen LogP contribution in [0.25, 0.3) is 0 Å². The van der Waals surface area contributed by atoms with Gasteiger partial charge in [-0.15, -0.1) is 16.4 Å². The molecule has 16 heavy (non-hydrogen) atoms. The lowest BCUT2D eigenvalue weighted by Gasteiger charge is -1.95. The molecule has 0 bridgehead atoms. The van der Waals surface area contributed by atoms with Crippen molar-refractivity contribution in [1.82, 2.24) is 0 Å². The molecule has 4 N–H and O–H groups in total. The van der Waals surface area contributed by atoms with Crippen molar-refractivity contribution >= 4 is 35.1 Å².